The molecule has 2 heterocycles. The van der Waals surface area contributed by atoms with Gasteiger partial charge in [-0.1, -0.05) is 0 Å². The molecular weight excluding hydrogens is 314 g/mol. The molecule has 128 valence electrons. The van der Waals surface area contributed by atoms with Crippen LogP contribution in [0.3, 0.4) is 0 Å². The number of amides is 1. The number of halogens is 1. The first-order valence-electron chi connectivity index (χ1n) is 8.44. The standard InChI is InChI=1S/C17H25N3O2.ClH/c21-16(6-4-12-8-10-18-11-9-12)19-14-2-1-3-15-13(14)5-7-17(22)20-15;/h5,7,12,14,18H,1-4,6,8-11H2,(H,19,21)(H,20,22);1H. The van der Waals surface area contributed by atoms with E-state index in [4.69, 9.17) is 0 Å². The van der Waals surface area contributed by atoms with E-state index in [0.717, 1.165) is 50.0 Å². The Morgan fingerprint density at radius 1 is 1.22 bits per heavy atom. The van der Waals surface area contributed by atoms with Gasteiger partial charge in [0, 0.05) is 18.2 Å². The number of rotatable bonds is 4. The minimum Gasteiger partial charge on any atom is -0.349 e. The molecule has 3 rings (SSSR count). The van der Waals surface area contributed by atoms with Crippen LogP contribution in [0.15, 0.2) is 16.9 Å². The van der Waals surface area contributed by atoms with Gasteiger partial charge in [-0.15, -0.1) is 12.4 Å². The number of pyridine rings is 1. The molecule has 0 saturated carbocycles. The lowest BCUT2D eigenvalue weighted by atomic mass is 9.90. The molecule has 1 aromatic rings. The maximum Gasteiger partial charge on any atom is 0.248 e. The Hall–Kier alpha value is -1.33. The Morgan fingerprint density at radius 3 is 2.78 bits per heavy atom. The highest BCUT2D eigenvalue weighted by molar-refractivity contribution is 5.85. The molecule has 0 aromatic carbocycles. The number of nitrogens with one attached hydrogen (secondary N) is 3. The Labute approximate surface area is 143 Å². The smallest absolute Gasteiger partial charge is 0.248 e. The molecule has 5 nitrogen and oxygen atoms in total. The number of carbonyl (C=O) groups excluding carboxylic acids is 1. The molecule has 1 saturated heterocycles. The van der Waals surface area contributed by atoms with E-state index in [0.29, 0.717) is 12.3 Å². The SMILES string of the molecule is Cl.O=C(CCC1CCNCC1)NC1CCCc2[nH]c(=O)ccc21. The van der Waals surface area contributed by atoms with Gasteiger partial charge in [0.1, 0.15) is 0 Å². The van der Waals surface area contributed by atoms with Gasteiger partial charge >= 0.3 is 0 Å². The van der Waals surface area contributed by atoms with Crippen molar-refractivity contribution in [3.63, 3.8) is 0 Å². The minimum atomic E-state index is -0.0587. The summed E-state index contributed by atoms with van der Waals surface area (Å²) in [6, 6.07) is 3.48. The second-order valence-electron chi connectivity index (χ2n) is 6.50. The van der Waals surface area contributed by atoms with Crippen LogP contribution in [0.1, 0.15) is 55.8 Å². The summed E-state index contributed by atoms with van der Waals surface area (Å²) in [6.45, 7) is 2.16. The Bertz CT molecular complexity index is 581. The highest BCUT2D eigenvalue weighted by Crippen LogP contribution is 2.27. The molecule has 6 heteroatoms. The molecule has 1 aliphatic carbocycles. The number of hydrogen-bond acceptors (Lipinski definition) is 3. The number of H-pyrrole nitrogens is 1. The summed E-state index contributed by atoms with van der Waals surface area (Å²) in [5, 5.41) is 6.51. The third-order valence-electron chi connectivity index (χ3n) is 4.91. The first kappa shape index (κ1) is 18.0. The first-order chi connectivity index (χ1) is 10.7. The van der Waals surface area contributed by atoms with Crippen molar-refractivity contribution in [1.82, 2.24) is 15.6 Å². The second-order valence-corrected chi connectivity index (χ2v) is 6.50. The van der Waals surface area contributed by atoms with Gasteiger partial charge in [-0.05, 0) is 69.2 Å². The summed E-state index contributed by atoms with van der Waals surface area (Å²) in [6.07, 6.45) is 6.82. The highest BCUT2D eigenvalue weighted by atomic mass is 35.5. The predicted molar refractivity (Wildman–Crippen MR) is 93.0 cm³/mol. The van der Waals surface area contributed by atoms with Crippen LogP contribution in [0, 0.1) is 5.92 Å². The van der Waals surface area contributed by atoms with E-state index < -0.39 is 0 Å². The van der Waals surface area contributed by atoms with Crippen LogP contribution in [0.4, 0.5) is 0 Å². The van der Waals surface area contributed by atoms with E-state index in [2.05, 4.69) is 15.6 Å². The van der Waals surface area contributed by atoms with Crippen LogP contribution in [0.2, 0.25) is 0 Å². The normalized spacial score (nSPS) is 21.1. The predicted octanol–water partition coefficient (Wildman–Crippen LogP) is 2.07. The largest absolute Gasteiger partial charge is 0.349 e. The van der Waals surface area contributed by atoms with E-state index in [-0.39, 0.29) is 29.9 Å². The zero-order chi connectivity index (χ0) is 15.4. The molecule has 1 fully saturated rings. The molecule has 0 bridgehead atoms. The van der Waals surface area contributed by atoms with Crippen LogP contribution < -0.4 is 16.2 Å². The van der Waals surface area contributed by atoms with Gasteiger partial charge in [-0.25, -0.2) is 0 Å². The maximum atomic E-state index is 12.2. The summed E-state index contributed by atoms with van der Waals surface area (Å²) in [7, 11) is 0. The van der Waals surface area contributed by atoms with Gasteiger partial charge in [0.05, 0.1) is 6.04 Å². The van der Waals surface area contributed by atoms with Crippen LogP contribution in [-0.2, 0) is 11.2 Å². The highest BCUT2D eigenvalue weighted by Gasteiger charge is 2.23. The zero-order valence-corrected chi connectivity index (χ0v) is 14.2. The molecule has 0 spiro atoms. The molecule has 1 amide bonds. The summed E-state index contributed by atoms with van der Waals surface area (Å²) in [4.78, 5) is 26.5. The summed E-state index contributed by atoms with van der Waals surface area (Å²) in [5.41, 5.74) is 2.01. The van der Waals surface area contributed by atoms with Crippen molar-refractivity contribution in [2.75, 3.05) is 13.1 Å². The fraction of sp³-hybridized carbons (Fsp3) is 0.647. The molecule has 1 aromatic heterocycles. The Morgan fingerprint density at radius 2 is 2.00 bits per heavy atom. The van der Waals surface area contributed by atoms with E-state index >= 15 is 0 Å². The molecule has 1 unspecified atom stereocenters. The van der Waals surface area contributed by atoms with Gasteiger partial charge < -0.3 is 15.6 Å². The number of piperidine rings is 1. The van der Waals surface area contributed by atoms with Gasteiger partial charge in [-0.3, -0.25) is 9.59 Å². The number of fused-ring (bicyclic) bond motifs is 1. The number of hydrogen-bond donors (Lipinski definition) is 3. The zero-order valence-electron chi connectivity index (χ0n) is 13.4. The number of aryl methyl sites for hydroxylation is 1. The van der Waals surface area contributed by atoms with Crippen molar-refractivity contribution >= 4 is 18.3 Å². The van der Waals surface area contributed by atoms with Crippen molar-refractivity contribution in [2.24, 2.45) is 5.92 Å². The fourth-order valence-electron chi connectivity index (χ4n) is 3.62. The van der Waals surface area contributed by atoms with Gasteiger partial charge in [-0.2, -0.15) is 0 Å². The molecule has 1 atom stereocenters. The van der Waals surface area contributed by atoms with Gasteiger partial charge in [0.15, 0.2) is 0 Å². The number of carbonyl (C=O) groups is 1. The van der Waals surface area contributed by atoms with Crippen LogP contribution in [0.25, 0.3) is 0 Å². The van der Waals surface area contributed by atoms with Crippen molar-refractivity contribution < 1.29 is 4.79 Å². The van der Waals surface area contributed by atoms with E-state index in [1.807, 2.05) is 6.07 Å². The molecule has 0 radical (unpaired) electrons. The average molecular weight is 340 g/mol. The van der Waals surface area contributed by atoms with Crippen LogP contribution in [-0.4, -0.2) is 24.0 Å². The van der Waals surface area contributed by atoms with E-state index in [9.17, 15) is 9.59 Å². The van der Waals surface area contributed by atoms with Gasteiger partial charge in [0.25, 0.3) is 0 Å². The Balaban J connectivity index is 0.00000192. The van der Waals surface area contributed by atoms with Crippen molar-refractivity contribution in [1.29, 1.82) is 0 Å². The van der Waals surface area contributed by atoms with Crippen molar-refractivity contribution in [2.45, 2.75) is 51.0 Å². The topological polar surface area (TPSA) is 74.0 Å². The lowest BCUT2D eigenvalue weighted by Crippen LogP contribution is -2.33. The molecule has 23 heavy (non-hydrogen) atoms. The first-order valence-corrected chi connectivity index (χ1v) is 8.44. The minimum absolute atomic E-state index is 0. The monoisotopic (exact) mass is 339 g/mol. The van der Waals surface area contributed by atoms with E-state index in [1.165, 1.54) is 12.8 Å². The lowest BCUT2D eigenvalue weighted by molar-refractivity contribution is -0.122. The molecular formula is C17H26ClN3O2. The second kappa shape index (κ2) is 8.50. The third-order valence-corrected chi connectivity index (χ3v) is 4.91. The van der Waals surface area contributed by atoms with Gasteiger partial charge in [0.2, 0.25) is 11.5 Å². The maximum absolute atomic E-state index is 12.2. The quantitative estimate of drug-likeness (QED) is 0.786. The lowest BCUT2D eigenvalue weighted by Gasteiger charge is -2.26. The van der Waals surface area contributed by atoms with Crippen molar-refractivity contribution in [3.05, 3.63) is 33.7 Å². The number of aromatic nitrogens is 1. The average Bonchev–Trinajstić information content (AvgIpc) is 2.54. The number of aromatic amines is 1. The van der Waals surface area contributed by atoms with Crippen LogP contribution >= 0.6 is 12.4 Å². The summed E-state index contributed by atoms with van der Waals surface area (Å²) in [5.74, 6) is 0.824. The molecule has 3 N–H and O–H groups in total. The summed E-state index contributed by atoms with van der Waals surface area (Å²) < 4.78 is 0. The summed E-state index contributed by atoms with van der Waals surface area (Å²) >= 11 is 0. The Kier molecular flexibility index (Phi) is 6.66. The molecule has 2 aliphatic rings. The van der Waals surface area contributed by atoms with E-state index in [1.54, 1.807) is 6.07 Å². The molecule has 1 aliphatic heterocycles. The van der Waals surface area contributed by atoms with Crippen LogP contribution in [0.5, 0.6) is 0 Å². The fourth-order valence-corrected chi connectivity index (χ4v) is 3.62. The third kappa shape index (κ3) is 4.82. The van der Waals surface area contributed by atoms with Crippen molar-refractivity contribution in [3.8, 4) is 0 Å².